The van der Waals surface area contributed by atoms with Gasteiger partial charge in [-0.1, -0.05) is 38.8 Å². The highest BCUT2D eigenvalue weighted by molar-refractivity contribution is 6.09. The molecule has 1 aliphatic heterocycles. The second-order valence-electron chi connectivity index (χ2n) is 6.93. The molecule has 0 bridgehead atoms. The van der Waals surface area contributed by atoms with Crippen LogP contribution in [0.3, 0.4) is 0 Å². The van der Waals surface area contributed by atoms with Crippen LogP contribution >= 0.6 is 0 Å². The summed E-state index contributed by atoms with van der Waals surface area (Å²) in [5.41, 5.74) is 0.816. The highest BCUT2D eigenvalue weighted by atomic mass is 16.3. The number of amides is 1. The van der Waals surface area contributed by atoms with Gasteiger partial charge < -0.3 is 15.1 Å². The Hall–Kier alpha value is -2.30. The number of Topliss-reactive ketones (excluding diaryl/α,β-unsaturated/α-hetero) is 1. The third-order valence-corrected chi connectivity index (χ3v) is 4.94. The lowest BCUT2D eigenvalue weighted by molar-refractivity contribution is -0.131. The SMILES string of the molecule is CC(C)C(=O)C1=C(O)C(=O)N(C2CCCC2)C1c1cccc(O)c1. The van der Waals surface area contributed by atoms with Gasteiger partial charge in [0.15, 0.2) is 11.5 Å². The Morgan fingerprint density at radius 3 is 2.46 bits per heavy atom. The van der Waals surface area contributed by atoms with Crippen molar-refractivity contribution in [3.63, 3.8) is 0 Å². The zero-order chi connectivity index (χ0) is 17.4. The highest BCUT2D eigenvalue weighted by Gasteiger charge is 2.47. The molecule has 5 nitrogen and oxygen atoms in total. The number of nitrogens with zero attached hydrogens (tertiary/aromatic N) is 1. The van der Waals surface area contributed by atoms with E-state index in [1.165, 1.54) is 0 Å². The number of phenolic OH excluding ortho intramolecular Hbond substituents is 1. The largest absolute Gasteiger partial charge is 0.508 e. The lowest BCUT2D eigenvalue weighted by Crippen LogP contribution is -2.38. The lowest BCUT2D eigenvalue weighted by Gasteiger charge is -2.32. The molecule has 1 aromatic rings. The molecule has 0 radical (unpaired) electrons. The molecule has 1 aliphatic carbocycles. The summed E-state index contributed by atoms with van der Waals surface area (Å²) < 4.78 is 0. The van der Waals surface area contributed by atoms with Gasteiger partial charge in [0.05, 0.1) is 11.6 Å². The number of hydrogen-bond acceptors (Lipinski definition) is 4. The van der Waals surface area contributed by atoms with E-state index in [0.717, 1.165) is 25.7 Å². The number of ketones is 1. The standard InChI is InChI=1S/C19H23NO4/c1-11(2)17(22)15-16(12-6-5-9-14(21)10-12)20(19(24)18(15)23)13-7-3-4-8-13/h5-6,9-11,13,16,21,23H,3-4,7-8H2,1-2H3. The second kappa shape index (κ2) is 6.30. The van der Waals surface area contributed by atoms with Crippen molar-refractivity contribution in [2.24, 2.45) is 5.92 Å². The summed E-state index contributed by atoms with van der Waals surface area (Å²) in [5, 5.41) is 20.2. The molecule has 128 valence electrons. The Kier molecular flexibility index (Phi) is 4.35. The first-order valence-corrected chi connectivity index (χ1v) is 8.50. The summed E-state index contributed by atoms with van der Waals surface area (Å²) in [6.07, 6.45) is 3.82. The van der Waals surface area contributed by atoms with E-state index < -0.39 is 17.7 Å². The smallest absolute Gasteiger partial charge is 0.290 e. The van der Waals surface area contributed by atoms with Crippen molar-refractivity contribution in [2.45, 2.75) is 51.6 Å². The van der Waals surface area contributed by atoms with Gasteiger partial charge in [-0.25, -0.2) is 0 Å². The number of carbonyl (C=O) groups is 2. The minimum atomic E-state index is -0.623. The third kappa shape index (κ3) is 2.68. The van der Waals surface area contributed by atoms with Crippen LogP contribution in [0.2, 0.25) is 0 Å². The zero-order valence-corrected chi connectivity index (χ0v) is 14.0. The van der Waals surface area contributed by atoms with Gasteiger partial charge in [-0.05, 0) is 30.5 Å². The summed E-state index contributed by atoms with van der Waals surface area (Å²) in [7, 11) is 0. The molecule has 1 aromatic carbocycles. The van der Waals surface area contributed by atoms with Crippen LogP contribution in [0.1, 0.15) is 51.1 Å². The number of phenols is 1. The summed E-state index contributed by atoms with van der Waals surface area (Å²) in [4.78, 5) is 27.0. The van der Waals surface area contributed by atoms with Gasteiger partial charge in [0.2, 0.25) is 0 Å². The number of rotatable bonds is 4. The van der Waals surface area contributed by atoms with E-state index in [-0.39, 0.29) is 29.1 Å². The molecule has 2 aliphatic rings. The van der Waals surface area contributed by atoms with Crippen molar-refractivity contribution in [2.75, 3.05) is 0 Å². The number of hydrogen-bond donors (Lipinski definition) is 2. The van der Waals surface area contributed by atoms with E-state index in [2.05, 4.69) is 0 Å². The van der Waals surface area contributed by atoms with Gasteiger partial charge in [-0.3, -0.25) is 9.59 Å². The van der Waals surface area contributed by atoms with Crippen LogP contribution in [-0.2, 0) is 9.59 Å². The van der Waals surface area contributed by atoms with Crippen molar-refractivity contribution >= 4 is 11.7 Å². The number of aliphatic hydroxyl groups excluding tert-OH is 1. The predicted octanol–water partition coefficient (Wildman–Crippen LogP) is 3.26. The molecular formula is C19H23NO4. The Balaban J connectivity index is 2.11. The van der Waals surface area contributed by atoms with Gasteiger partial charge in [0, 0.05) is 12.0 Å². The fourth-order valence-electron chi connectivity index (χ4n) is 3.77. The molecule has 24 heavy (non-hydrogen) atoms. The van der Waals surface area contributed by atoms with Crippen LogP contribution in [0.5, 0.6) is 5.75 Å². The monoisotopic (exact) mass is 329 g/mol. The van der Waals surface area contributed by atoms with Crippen molar-refractivity contribution < 1.29 is 19.8 Å². The Morgan fingerprint density at radius 1 is 1.21 bits per heavy atom. The summed E-state index contributed by atoms with van der Waals surface area (Å²) >= 11 is 0. The molecule has 0 spiro atoms. The van der Waals surface area contributed by atoms with Crippen LogP contribution in [0.25, 0.3) is 0 Å². The highest BCUT2D eigenvalue weighted by Crippen LogP contribution is 2.43. The average molecular weight is 329 g/mol. The topological polar surface area (TPSA) is 77.8 Å². The maximum Gasteiger partial charge on any atom is 0.290 e. The van der Waals surface area contributed by atoms with E-state index in [4.69, 9.17) is 0 Å². The van der Waals surface area contributed by atoms with Crippen molar-refractivity contribution in [1.82, 2.24) is 4.90 Å². The van der Waals surface area contributed by atoms with Gasteiger partial charge in [-0.15, -0.1) is 0 Å². The maximum atomic E-state index is 12.7. The quantitative estimate of drug-likeness (QED) is 0.889. The van der Waals surface area contributed by atoms with Crippen molar-refractivity contribution in [3.8, 4) is 5.75 Å². The fourth-order valence-corrected chi connectivity index (χ4v) is 3.77. The molecule has 0 aromatic heterocycles. The lowest BCUT2D eigenvalue weighted by atomic mass is 9.90. The molecule has 1 unspecified atom stereocenters. The molecule has 1 saturated carbocycles. The molecule has 2 N–H and O–H groups in total. The first-order chi connectivity index (χ1) is 11.4. The molecule has 1 amide bonds. The molecule has 1 heterocycles. The number of aromatic hydroxyl groups is 1. The molecule has 5 heteroatoms. The van der Waals surface area contributed by atoms with Gasteiger partial charge in [0.25, 0.3) is 5.91 Å². The van der Waals surface area contributed by atoms with Crippen LogP contribution in [0.15, 0.2) is 35.6 Å². The van der Waals surface area contributed by atoms with Gasteiger partial charge in [0.1, 0.15) is 5.75 Å². The molecule has 1 fully saturated rings. The van der Waals surface area contributed by atoms with Crippen LogP contribution < -0.4 is 0 Å². The van der Waals surface area contributed by atoms with Crippen molar-refractivity contribution in [3.05, 3.63) is 41.2 Å². The Bertz CT molecular complexity index is 701. The maximum absolute atomic E-state index is 12.7. The molecule has 3 rings (SSSR count). The summed E-state index contributed by atoms with van der Waals surface area (Å²) in [6.45, 7) is 3.51. The molecule has 0 saturated heterocycles. The first-order valence-electron chi connectivity index (χ1n) is 8.50. The summed E-state index contributed by atoms with van der Waals surface area (Å²) in [6, 6.07) is 5.98. The minimum Gasteiger partial charge on any atom is -0.508 e. The van der Waals surface area contributed by atoms with Gasteiger partial charge in [-0.2, -0.15) is 0 Å². The number of aliphatic hydroxyl groups is 1. The zero-order valence-electron chi connectivity index (χ0n) is 14.0. The molecular weight excluding hydrogens is 306 g/mol. The van der Waals surface area contributed by atoms with Crippen molar-refractivity contribution in [1.29, 1.82) is 0 Å². The van der Waals surface area contributed by atoms with E-state index >= 15 is 0 Å². The fraction of sp³-hybridized carbons (Fsp3) is 0.474. The summed E-state index contributed by atoms with van der Waals surface area (Å²) in [5.74, 6) is -1.38. The number of carbonyl (C=O) groups excluding carboxylic acids is 2. The van der Waals surface area contributed by atoms with Crippen LogP contribution in [0, 0.1) is 5.92 Å². The third-order valence-electron chi connectivity index (χ3n) is 4.94. The van der Waals surface area contributed by atoms with E-state index in [1.807, 2.05) is 0 Å². The van der Waals surface area contributed by atoms with E-state index in [1.54, 1.807) is 43.0 Å². The predicted molar refractivity (Wildman–Crippen MR) is 89.4 cm³/mol. The number of benzene rings is 1. The Morgan fingerprint density at radius 2 is 1.88 bits per heavy atom. The van der Waals surface area contributed by atoms with Gasteiger partial charge >= 0.3 is 0 Å². The molecule has 1 atom stereocenters. The minimum absolute atomic E-state index is 0.0180. The normalized spacial score (nSPS) is 22.0. The first kappa shape index (κ1) is 16.6. The van der Waals surface area contributed by atoms with E-state index in [0.29, 0.717) is 5.56 Å². The second-order valence-corrected chi connectivity index (χ2v) is 6.93. The van der Waals surface area contributed by atoms with E-state index in [9.17, 15) is 19.8 Å². The Labute approximate surface area is 141 Å². The van der Waals surface area contributed by atoms with Crippen LogP contribution in [-0.4, -0.2) is 32.8 Å². The van der Waals surface area contributed by atoms with Crippen LogP contribution in [0.4, 0.5) is 0 Å². The average Bonchev–Trinajstić information content (AvgIpc) is 3.14.